The summed E-state index contributed by atoms with van der Waals surface area (Å²) in [4.78, 5) is 26.5. The van der Waals surface area contributed by atoms with Gasteiger partial charge in [0, 0.05) is 31.4 Å². The highest BCUT2D eigenvalue weighted by Crippen LogP contribution is 2.22. The van der Waals surface area contributed by atoms with Crippen LogP contribution in [0.3, 0.4) is 0 Å². The van der Waals surface area contributed by atoms with Crippen LogP contribution in [0.2, 0.25) is 5.02 Å². The van der Waals surface area contributed by atoms with Gasteiger partial charge in [0.05, 0.1) is 12.6 Å². The molecule has 1 aromatic rings. The van der Waals surface area contributed by atoms with Crippen LogP contribution in [0.25, 0.3) is 0 Å². The second kappa shape index (κ2) is 6.78. The first-order chi connectivity index (χ1) is 9.97. The molecule has 1 aromatic carbocycles. The third kappa shape index (κ3) is 4.09. The fourth-order valence-corrected chi connectivity index (χ4v) is 2.19. The Bertz CT molecular complexity index is 536. The van der Waals surface area contributed by atoms with Gasteiger partial charge >= 0.3 is 6.03 Å². The lowest BCUT2D eigenvalue weighted by Gasteiger charge is -2.33. The van der Waals surface area contributed by atoms with E-state index in [0.29, 0.717) is 18.1 Å². The molecule has 1 aliphatic rings. The molecule has 7 heteroatoms. The molecule has 21 heavy (non-hydrogen) atoms. The largest absolute Gasteiger partial charge is 0.365 e. The van der Waals surface area contributed by atoms with Gasteiger partial charge in [-0.2, -0.15) is 0 Å². The second-order valence-electron chi connectivity index (χ2n) is 5.00. The molecule has 1 atom stereocenters. The lowest BCUT2D eigenvalue weighted by atomic mass is 10.2. The summed E-state index contributed by atoms with van der Waals surface area (Å²) < 4.78 is 5.44. The summed E-state index contributed by atoms with van der Waals surface area (Å²) in [5, 5.41) is 3.32. The SMILES string of the molecule is CN(C)C(=O)NCC1CN(c2cccc(Cl)c2)C(=O)CO1. The van der Waals surface area contributed by atoms with Gasteiger partial charge in [0.25, 0.3) is 5.91 Å². The number of morpholine rings is 1. The minimum atomic E-state index is -0.245. The van der Waals surface area contributed by atoms with E-state index < -0.39 is 0 Å². The molecule has 0 aliphatic carbocycles. The number of nitrogens with zero attached hydrogens (tertiary/aromatic N) is 2. The van der Waals surface area contributed by atoms with E-state index in [4.69, 9.17) is 16.3 Å². The van der Waals surface area contributed by atoms with Crippen molar-refractivity contribution in [1.29, 1.82) is 0 Å². The van der Waals surface area contributed by atoms with Crippen LogP contribution in [0.4, 0.5) is 10.5 Å². The molecule has 0 saturated carbocycles. The van der Waals surface area contributed by atoms with Crippen molar-refractivity contribution < 1.29 is 14.3 Å². The highest BCUT2D eigenvalue weighted by molar-refractivity contribution is 6.30. The molecule has 6 nitrogen and oxygen atoms in total. The maximum Gasteiger partial charge on any atom is 0.316 e. The first-order valence-corrected chi connectivity index (χ1v) is 6.98. The Morgan fingerprint density at radius 1 is 1.52 bits per heavy atom. The number of urea groups is 1. The van der Waals surface area contributed by atoms with E-state index >= 15 is 0 Å². The summed E-state index contributed by atoms with van der Waals surface area (Å²) in [7, 11) is 3.33. The van der Waals surface area contributed by atoms with E-state index in [1.165, 1.54) is 4.90 Å². The molecule has 1 fully saturated rings. The van der Waals surface area contributed by atoms with Crippen LogP contribution in [0.1, 0.15) is 0 Å². The summed E-state index contributed by atoms with van der Waals surface area (Å²) in [5.41, 5.74) is 0.736. The zero-order chi connectivity index (χ0) is 15.4. The zero-order valence-corrected chi connectivity index (χ0v) is 12.8. The predicted octanol–water partition coefficient (Wildman–Crippen LogP) is 1.34. The van der Waals surface area contributed by atoms with Crippen molar-refractivity contribution in [2.24, 2.45) is 0 Å². The maximum atomic E-state index is 12.0. The van der Waals surface area contributed by atoms with Crippen molar-refractivity contribution in [1.82, 2.24) is 10.2 Å². The average molecular weight is 312 g/mol. The van der Waals surface area contributed by atoms with Gasteiger partial charge in [0.15, 0.2) is 0 Å². The smallest absolute Gasteiger partial charge is 0.316 e. The molecule has 3 amide bonds. The summed E-state index contributed by atoms with van der Waals surface area (Å²) in [5.74, 6) is -0.118. The molecule has 114 valence electrons. The van der Waals surface area contributed by atoms with Gasteiger partial charge in [-0.3, -0.25) is 4.79 Å². The van der Waals surface area contributed by atoms with Crippen molar-refractivity contribution >= 4 is 29.2 Å². The van der Waals surface area contributed by atoms with Crippen molar-refractivity contribution in [2.75, 3.05) is 38.7 Å². The Morgan fingerprint density at radius 3 is 2.95 bits per heavy atom. The lowest BCUT2D eigenvalue weighted by Crippen LogP contribution is -2.51. The van der Waals surface area contributed by atoms with Crippen molar-refractivity contribution in [3.05, 3.63) is 29.3 Å². The van der Waals surface area contributed by atoms with Gasteiger partial charge in [0.2, 0.25) is 0 Å². The molecule has 2 rings (SSSR count). The number of benzene rings is 1. The Balaban J connectivity index is 1.99. The van der Waals surface area contributed by atoms with Gasteiger partial charge in [-0.25, -0.2) is 4.79 Å². The molecule has 0 radical (unpaired) electrons. The van der Waals surface area contributed by atoms with Crippen molar-refractivity contribution in [2.45, 2.75) is 6.10 Å². The highest BCUT2D eigenvalue weighted by Gasteiger charge is 2.27. The van der Waals surface area contributed by atoms with Crippen molar-refractivity contribution in [3.8, 4) is 0 Å². The molecule has 1 aliphatic heterocycles. The molecule has 1 N–H and O–H groups in total. The third-order valence-electron chi connectivity index (χ3n) is 3.14. The molecule has 0 aromatic heterocycles. The molecular formula is C14H18ClN3O3. The number of hydrogen-bond acceptors (Lipinski definition) is 3. The topological polar surface area (TPSA) is 61.9 Å². The van der Waals surface area contributed by atoms with Gasteiger partial charge in [-0.1, -0.05) is 17.7 Å². The fourth-order valence-electron chi connectivity index (χ4n) is 2.00. The number of anilines is 1. The standard InChI is InChI=1S/C14H18ClN3O3/c1-17(2)14(20)16-7-12-8-18(13(19)9-21-12)11-5-3-4-10(15)6-11/h3-6,12H,7-9H2,1-2H3,(H,16,20). The fraction of sp³-hybridized carbons (Fsp3) is 0.429. The quantitative estimate of drug-likeness (QED) is 0.916. The number of amides is 3. The van der Waals surface area contributed by atoms with Crippen LogP contribution in [0, 0.1) is 0 Å². The van der Waals surface area contributed by atoms with E-state index in [9.17, 15) is 9.59 Å². The number of carbonyl (C=O) groups is 2. The van der Waals surface area contributed by atoms with E-state index in [1.54, 1.807) is 37.2 Å². The van der Waals surface area contributed by atoms with Crippen molar-refractivity contribution in [3.63, 3.8) is 0 Å². The van der Waals surface area contributed by atoms with Crippen LogP contribution in [-0.2, 0) is 9.53 Å². The Kier molecular flexibility index (Phi) is 5.03. The zero-order valence-electron chi connectivity index (χ0n) is 12.0. The first-order valence-electron chi connectivity index (χ1n) is 6.60. The Morgan fingerprint density at radius 2 is 2.29 bits per heavy atom. The van der Waals surface area contributed by atoms with E-state index in [1.807, 2.05) is 6.07 Å². The normalized spacial score (nSPS) is 18.5. The van der Waals surface area contributed by atoms with Gasteiger partial charge in [0.1, 0.15) is 6.61 Å². The lowest BCUT2D eigenvalue weighted by molar-refractivity contribution is -0.129. The summed E-state index contributed by atoms with van der Waals surface area (Å²) in [6.45, 7) is 0.725. The minimum absolute atomic E-state index is 0.00495. The van der Waals surface area contributed by atoms with E-state index in [2.05, 4.69) is 5.32 Å². The van der Waals surface area contributed by atoms with Crippen LogP contribution in [-0.4, -0.2) is 56.7 Å². The predicted molar refractivity (Wildman–Crippen MR) is 80.6 cm³/mol. The summed E-state index contributed by atoms with van der Waals surface area (Å²) in [6.07, 6.45) is -0.245. The number of hydrogen-bond donors (Lipinski definition) is 1. The van der Waals surface area contributed by atoms with E-state index in [-0.39, 0.29) is 24.6 Å². The van der Waals surface area contributed by atoms with Crippen LogP contribution < -0.4 is 10.2 Å². The molecule has 1 heterocycles. The Hall–Kier alpha value is -1.79. The van der Waals surface area contributed by atoms with Gasteiger partial charge < -0.3 is 19.9 Å². The first kappa shape index (κ1) is 15.6. The number of rotatable bonds is 3. The van der Waals surface area contributed by atoms with Gasteiger partial charge in [-0.15, -0.1) is 0 Å². The van der Waals surface area contributed by atoms with Crippen LogP contribution in [0.5, 0.6) is 0 Å². The number of halogens is 1. The van der Waals surface area contributed by atoms with E-state index in [0.717, 1.165) is 5.69 Å². The summed E-state index contributed by atoms with van der Waals surface area (Å²) in [6, 6.07) is 6.92. The van der Waals surface area contributed by atoms with Crippen LogP contribution in [0.15, 0.2) is 24.3 Å². The Labute approximate surface area is 128 Å². The average Bonchev–Trinajstić information content (AvgIpc) is 2.45. The highest BCUT2D eigenvalue weighted by atomic mass is 35.5. The molecule has 0 bridgehead atoms. The molecule has 1 unspecified atom stereocenters. The van der Waals surface area contributed by atoms with Gasteiger partial charge in [-0.05, 0) is 18.2 Å². The molecule has 1 saturated heterocycles. The third-order valence-corrected chi connectivity index (χ3v) is 3.37. The molecular weight excluding hydrogens is 294 g/mol. The monoisotopic (exact) mass is 311 g/mol. The summed E-state index contributed by atoms with van der Waals surface area (Å²) >= 11 is 5.95. The van der Waals surface area contributed by atoms with Crippen LogP contribution >= 0.6 is 11.6 Å². The number of carbonyl (C=O) groups excluding carboxylic acids is 2. The number of ether oxygens (including phenoxy) is 1. The molecule has 0 spiro atoms. The second-order valence-corrected chi connectivity index (χ2v) is 5.43. The maximum absolute atomic E-state index is 12.0. The minimum Gasteiger partial charge on any atom is -0.365 e. The number of nitrogens with one attached hydrogen (secondary N) is 1.